The SMILES string of the molecule is C=C/C=C\C=C(/N)CNC. The minimum absolute atomic E-state index is 0.724. The molecule has 0 aliphatic carbocycles. The third-order valence-electron chi connectivity index (χ3n) is 0.938. The molecule has 0 aromatic carbocycles. The van der Waals surface area contributed by atoms with Gasteiger partial charge in [0.05, 0.1) is 0 Å². The second kappa shape index (κ2) is 6.11. The Balaban J connectivity index is 3.67. The Morgan fingerprint density at radius 2 is 2.30 bits per heavy atom. The Bertz CT molecular complexity index is 145. The van der Waals surface area contributed by atoms with Crippen molar-refractivity contribution in [1.82, 2.24) is 5.32 Å². The van der Waals surface area contributed by atoms with Crippen LogP contribution in [0.5, 0.6) is 0 Å². The Hall–Kier alpha value is -1.02. The maximum atomic E-state index is 5.54. The van der Waals surface area contributed by atoms with Gasteiger partial charge in [0.15, 0.2) is 0 Å². The first-order chi connectivity index (χ1) is 4.81. The molecule has 2 nitrogen and oxygen atoms in total. The van der Waals surface area contributed by atoms with E-state index in [2.05, 4.69) is 11.9 Å². The van der Waals surface area contributed by atoms with Crippen LogP contribution in [0.4, 0.5) is 0 Å². The van der Waals surface area contributed by atoms with Gasteiger partial charge in [-0.2, -0.15) is 0 Å². The normalized spacial score (nSPS) is 12.3. The molecule has 0 atom stereocenters. The van der Waals surface area contributed by atoms with Crippen LogP contribution in [-0.2, 0) is 0 Å². The summed E-state index contributed by atoms with van der Waals surface area (Å²) in [6.45, 7) is 4.25. The zero-order valence-electron chi connectivity index (χ0n) is 6.30. The van der Waals surface area contributed by atoms with Crippen molar-refractivity contribution in [2.75, 3.05) is 13.6 Å². The van der Waals surface area contributed by atoms with Gasteiger partial charge in [-0.3, -0.25) is 0 Å². The van der Waals surface area contributed by atoms with Gasteiger partial charge in [0, 0.05) is 12.2 Å². The summed E-state index contributed by atoms with van der Waals surface area (Å²) in [6.07, 6.45) is 7.25. The fourth-order valence-corrected chi connectivity index (χ4v) is 0.521. The maximum Gasteiger partial charge on any atom is 0.0349 e. The average molecular weight is 138 g/mol. The van der Waals surface area contributed by atoms with E-state index in [4.69, 9.17) is 5.73 Å². The fraction of sp³-hybridized carbons (Fsp3) is 0.250. The van der Waals surface area contributed by atoms with Crippen LogP contribution >= 0.6 is 0 Å². The largest absolute Gasteiger partial charge is 0.401 e. The molecule has 3 N–H and O–H groups in total. The van der Waals surface area contributed by atoms with Crippen LogP contribution in [0, 0.1) is 0 Å². The fourth-order valence-electron chi connectivity index (χ4n) is 0.521. The van der Waals surface area contributed by atoms with E-state index in [9.17, 15) is 0 Å². The first kappa shape index (κ1) is 8.98. The summed E-state index contributed by atoms with van der Waals surface area (Å²) < 4.78 is 0. The van der Waals surface area contributed by atoms with Crippen molar-refractivity contribution in [3.05, 3.63) is 36.6 Å². The van der Waals surface area contributed by atoms with Crippen molar-refractivity contribution in [3.63, 3.8) is 0 Å². The standard InChI is InChI=1S/C8H14N2/c1-3-4-5-6-8(9)7-10-2/h3-6,10H,1,7,9H2,2H3/b5-4-,8-6-. The molecule has 0 aromatic heterocycles. The maximum absolute atomic E-state index is 5.54. The van der Waals surface area contributed by atoms with Crippen LogP contribution in [0.15, 0.2) is 36.6 Å². The van der Waals surface area contributed by atoms with Crippen molar-refractivity contribution < 1.29 is 0 Å². The van der Waals surface area contributed by atoms with E-state index < -0.39 is 0 Å². The van der Waals surface area contributed by atoms with Crippen LogP contribution in [0.2, 0.25) is 0 Å². The summed E-state index contributed by atoms with van der Waals surface area (Å²) >= 11 is 0. The van der Waals surface area contributed by atoms with Gasteiger partial charge in [-0.25, -0.2) is 0 Å². The minimum atomic E-state index is 0.724. The van der Waals surface area contributed by atoms with E-state index in [1.54, 1.807) is 6.08 Å². The molecule has 0 radical (unpaired) electrons. The van der Waals surface area contributed by atoms with E-state index in [1.165, 1.54) is 0 Å². The van der Waals surface area contributed by atoms with E-state index in [1.807, 2.05) is 25.3 Å². The zero-order chi connectivity index (χ0) is 7.82. The molecule has 10 heavy (non-hydrogen) atoms. The van der Waals surface area contributed by atoms with Crippen LogP contribution in [0.1, 0.15) is 0 Å². The van der Waals surface area contributed by atoms with Gasteiger partial charge in [0.2, 0.25) is 0 Å². The Morgan fingerprint density at radius 3 is 2.80 bits per heavy atom. The van der Waals surface area contributed by atoms with Gasteiger partial charge in [-0.05, 0) is 13.1 Å². The van der Waals surface area contributed by atoms with Gasteiger partial charge in [-0.1, -0.05) is 24.8 Å². The first-order valence-corrected chi connectivity index (χ1v) is 3.19. The van der Waals surface area contributed by atoms with Crippen molar-refractivity contribution in [2.24, 2.45) is 5.73 Å². The van der Waals surface area contributed by atoms with Gasteiger partial charge < -0.3 is 11.1 Å². The van der Waals surface area contributed by atoms with Crippen LogP contribution < -0.4 is 11.1 Å². The highest BCUT2D eigenvalue weighted by Gasteiger charge is 1.80. The highest BCUT2D eigenvalue weighted by molar-refractivity contribution is 5.14. The molecule has 0 fully saturated rings. The van der Waals surface area contributed by atoms with E-state index in [0.29, 0.717) is 0 Å². The Labute approximate surface area is 62.1 Å². The molecule has 0 aliphatic heterocycles. The lowest BCUT2D eigenvalue weighted by Gasteiger charge is -1.95. The molecule has 0 aromatic rings. The predicted octanol–water partition coefficient (Wildman–Crippen LogP) is 0.791. The highest BCUT2D eigenvalue weighted by Crippen LogP contribution is 1.82. The molecule has 0 saturated carbocycles. The number of allylic oxidation sites excluding steroid dienone is 4. The van der Waals surface area contributed by atoms with E-state index in [-0.39, 0.29) is 0 Å². The molecule has 0 saturated heterocycles. The Kier molecular flexibility index (Phi) is 5.48. The number of rotatable bonds is 4. The molecule has 0 amide bonds. The summed E-state index contributed by atoms with van der Waals surface area (Å²) in [5, 5.41) is 2.94. The number of hydrogen-bond donors (Lipinski definition) is 2. The van der Waals surface area contributed by atoms with E-state index >= 15 is 0 Å². The van der Waals surface area contributed by atoms with Crippen molar-refractivity contribution in [2.45, 2.75) is 0 Å². The lowest BCUT2D eigenvalue weighted by Crippen LogP contribution is -2.15. The smallest absolute Gasteiger partial charge is 0.0349 e. The average Bonchev–Trinajstić information content (AvgIpc) is 1.89. The third kappa shape index (κ3) is 5.12. The molecular formula is C8H14N2. The minimum Gasteiger partial charge on any atom is -0.401 e. The summed E-state index contributed by atoms with van der Waals surface area (Å²) in [5.41, 5.74) is 6.36. The quantitative estimate of drug-likeness (QED) is 0.564. The monoisotopic (exact) mass is 138 g/mol. The molecule has 2 heteroatoms. The van der Waals surface area contributed by atoms with Crippen molar-refractivity contribution >= 4 is 0 Å². The summed E-state index contributed by atoms with van der Waals surface area (Å²) in [4.78, 5) is 0. The molecule has 0 spiro atoms. The zero-order valence-corrected chi connectivity index (χ0v) is 6.30. The van der Waals surface area contributed by atoms with Crippen LogP contribution in [0.3, 0.4) is 0 Å². The molecule has 0 aliphatic rings. The molecule has 0 unspecified atom stereocenters. The second-order valence-corrected chi connectivity index (χ2v) is 1.89. The van der Waals surface area contributed by atoms with Crippen molar-refractivity contribution in [3.8, 4) is 0 Å². The summed E-state index contributed by atoms with van der Waals surface area (Å²) in [7, 11) is 1.86. The van der Waals surface area contributed by atoms with Gasteiger partial charge in [0.1, 0.15) is 0 Å². The number of nitrogens with one attached hydrogen (secondary N) is 1. The number of likely N-dealkylation sites (N-methyl/N-ethyl adjacent to an activating group) is 1. The first-order valence-electron chi connectivity index (χ1n) is 3.19. The van der Waals surface area contributed by atoms with Crippen molar-refractivity contribution in [1.29, 1.82) is 0 Å². The molecule has 0 bridgehead atoms. The highest BCUT2D eigenvalue weighted by atomic mass is 14.8. The second-order valence-electron chi connectivity index (χ2n) is 1.89. The Morgan fingerprint density at radius 1 is 1.60 bits per heavy atom. The molecular weight excluding hydrogens is 124 g/mol. The third-order valence-corrected chi connectivity index (χ3v) is 0.938. The van der Waals surface area contributed by atoms with Crippen LogP contribution in [-0.4, -0.2) is 13.6 Å². The summed E-state index contributed by atoms with van der Waals surface area (Å²) in [5.74, 6) is 0. The number of hydrogen-bond acceptors (Lipinski definition) is 2. The van der Waals surface area contributed by atoms with Gasteiger partial charge >= 0.3 is 0 Å². The number of nitrogens with two attached hydrogens (primary N) is 1. The predicted molar refractivity (Wildman–Crippen MR) is 45.5 cm³/mol. The lowest BCUT2D eigenvalue weighted by molar-refractivity contribution is 0.871. The lowest BCUT2D eigenvalue weighted by atomic mass is 10.3. The van der Waals surface area contributed by atoms with Gasteiger partial charge in [0.25, 0.3) is 0 Å². The summed E-state index contributed by atoms with van der Waals surface area (Å²) in [6, 6.07) is 0. The molecule has 0 rings (SSSR count). The molecule has 56 valence electrons. The van der Waals surface area contributed by atoms with E-state index in [0.717, 1.165) is 12.2 Å². The van der Waals surface area contributed by atoms with Crippen LogP contribution in [0.25, 0.3) is 0 Å². The topological polar surface area (TPSA) is 38.0 Å². The van der Waals surface area contributed by atoms with Gasteiger partial charge in [-0.15, -0.1) is 0 Å². The molecule has 0 heterocycles.